The van der Waals surface area contributed by atoms with Gasteiger partial charge >= 0.3 is 5.97 Å². The van der Waals surface area contributed by atoms with E-state index >= 15 is 0 Å². The Hall–Kier alpha value is -1.77. The number of para-hydroxylation sites is 1. The smallest absolute Gasteiger partial charge is 0.355 e. The maximum Gasteiger partial charge on any atom is 0.355 e. The molecular weight excluding hydrogens is 226 g/mol. The van der Waals surface area contributed by atoms with E-state index in [-0.39, 0.29) is 18.1 Å². The van der Waals surface area contributed by atoms with Gasteiger partial charge in [-0.1, -0.05) is 18.2 Å². The monoisotopic (exact) mass is 245 g/mol. The molecule has 0 bridgehead atoms. The summed E-state index contributed by atoms with van der Waals surface area (Å²) in [5.41, 5.74) is 1.70. The summed E-state index contributed by atoms with van der Waals surface area (Å²) in [6.45, 7) is 7.86. The van der Waals surface area contributed by atoms with Crippen molar-refractivity contribution < 1.29 is 9.53 Å². The summed E-state index contributed by atoms with van der Waals surface area (Å²) < 4.78 is 7.32. The molecule has 0 aliphatic rings. The first-order valence-corrected chi connectivity index (χ1v) is 6.31. The Balaban J connectivity index is 2.56. The highest BCUT2D eigenvalue weighted by atomic mass is 16.5. The number of nitrogens with zero attached hydrogens (tertiary/aromatic N) is 1. The molecule has 0 spiro atoms. The van der Waals surface area contributed by atoms with Crippen LogP contribution in [0, 0.1) is 0 Å². The van der Waals surface area contributed by atoms with Gasteiger partial charge in [-0.3, -0.25) is 0 Å². The fourth-order valence-corrected chi connectivity index (χ4v) is 2.16. The van der Waals surface area contributed by atoms with Gasteiger partial charge in [0.1, 0.15) is 5.69 Å². The number of hydrogen-bond donors (Lipinski definition) is 0. The molecule has 3 heteroatoms. The first-order valence-electron chi connectivity index (χ1n) is 6.31. The molecule has 2 aromatic rings. The Morgan fingerprint density at radius 1 is 1.17 bits per heavy atom. The van der Waals surface area contributed by atoms with Gasteiger partial charge in [-0.15, -0.1) is 0 Å². The van der Waals surface area contributed by atoms with E-state index in [2.05, 4.69) is 13.8 Å². The minimum atomic E-state index is -0.255. The Kier molecular flexibility index (Phi) is 3.41. The number of fused-ring (bicyclic) bond motifs is 1. The zero-order chi connectivity index (χ0) is 13.3. The van der Waals surface area contributed by atoms with Crippen LogP contribution in [0.4, 0.5) is 0 Å². The molecule has 18 heavy (non-hydrogen) atoms. The quantitative estimate of drug-likeness (QED) is 0.770. The van der Waals surface area contributed by atoms with Crippen LogP contribution in [-0.4, -0.2) is 16.6 Å². The first-order chi connectivity index (χ1) is 8.50. The fourth-order valence-electron chi connectivity index (χ4n) is 2.16. The molecule has 0 radical (unpaired) electrons. The van der Waals surface area contributed by atoms with Gasteiger partial charge in [0.25, 0.3) is 0 Å². The highest BCUT2D eigenvalue weighted by Gasteiger charge is 2.19. The van der Waals surface area contributed by atoms with Crippen LogP contribution in [0.3, 0.4) is 0 Å². The number of rotatable bonds is 3. The fraction of sp³-hybridized carbons (Fsp3) is 0.400. The average molecular weight is 245 g/mol. The number of esters is 1. The summed E-state index contributed by atoms with van der Waals surface area (Å²) in [4.78, 5) is 12.1. The van der Waals surface area contributed by atoms with E-state index in [0.29, 0.717) is 5.69 Å². The molecule has 0 saturated heterocycles. The van der Waals surface area contributed by atoms with Gasteiger partial charge in [0.2, 0.25) is 0 Å². The van der Waals surface area contributed by atoms with Crippen LogP contribution in [0.15, 0.2) is 30.3 Å². The Bertz CT molecular complexity index is 567. The van der Waals surface area contributed by atoms with Crippen molar-refractivity contribution in [3.63, 3.8) is 0 Å². The normalized spacial score (nSPS) is 11.4. The van der Waals surface area contributed by atoms with Crippen LogP contribution in [0.1, 0.15) is 44.2 Å². The van der Waals surface area contributed by atoms with Gasteiger partial charge in [-0.25, -0.2) is 4.79 Å². The lowest BCUT2D eigenvalue weighted by molar-refractivity contribution is 0.0364. The number of carbonyl (C=O) groups is 1. The molecule has 96 valence electrons. The molecule has 0 N–H and O–H groups in total. The Morgan fingerprint density at radius 2 is 1.83 bits per heavy atom. The number of benzene rings is 1. The van der Waals surface area contributed by atoms with Crippen molar-refractivity contribution in [3.05, 3.63) is 36.0 Å². The summed E-state index contributed by atoms with van der Waals surface area (Å²) in [5, 5.41) is 1.07. The van der Waals surface area contributed by atoms with E-state index in [9.17, 15) is 4.79 Å². The summed E-state index contributed by atoms with van der Waals surface area (Å²) in [5.74, 6) is -0.255. The van der Waals surface area contributed by atoms with E-state index < -0.39 is 0 Å². The van der Waals surface area contributed by atoms with E-state index in [0.717, 1.165) is 10.9 Å². The van der Waals surface area contributed by atoms with Crippen LogP contribution in [-0.2, 0) is 4.74 Å². The van der Waals surface area contributed by atoms with Crippen molar-refractivity contribution >= 4 is 16.9 Å². The summed E-state index contributed by atoms with van der Waals surface area (Å²) in [7, 11) is 0. The second kappa shape index (κ2) is 4.84. The summed E-state index contributed by atoms with van der Waals surface area (Å²) in [6, 6.07) is 10.1. The molecule has 0 atom stereocenters. The molecule has 0 aliphatic heterocycles. The second-order valence-corrected chi connectivity index (χ2v) is 5.01. The van der Waals surface area contributed by atoms with Crippen molar-refractivity contribution in [1.82, 2.24) is 4.57 Å². The van der Waals surface area contributed by atoms with Crippen LogP contribution in [0.5, 0.6) is 0 Å². The van der Waals surface area contributed by atoms with Crippen molar-refractivity contribution in [1.29, 1.82) is 0 Å². The molecule has 0 fully saturated rings. The third-order valence-electron chi connectivity index (χ3n) is 2.82. The Morgan fingerprint density at radius 3 is 2.44 bits per heavy atom. The second-order valence-electron chi connectivity index (χ2n) is 5.01. The molecule has 1 aromatic carbocycles. The van der Waals surface area contributed by atoms with Gasteiger partial charge in [-0.05, 0) is 39.8 Å². The van der Waals surface area contributed by atoms with Crippen LogP contribution < -0.4 is 0 Å². The molecule has 0 aliphatic carbocycles. The third-order valence-corrected chi connectivity index (χ3v) is 2.82. The predicted octanol–water partition coefficient (Wildman–Crippen LogP) is 3.79. The molecular formula is C15H19NO2. The Labute approximate surface area is 107 Å². The zero-order valence-electron chi connectivity index (χ0n) is 11.3. The lowest BCUT2D eigenvalue weighted by Gasteiger charge is -2.15. The van der Waals surface area contributed by atoms with Crippen molar-refractivity contribution in [2.24, 2.45) is 0 Å². The zero-order valence-corrected chi connectivity index (χ0v) is 11.3. The standard InChI is InChI=1S/C15H19NO2/c1-10(2)16-13-8-6-5-7-12(13)9-14(16)15(17)18-11(3)4/h5-11H,1-4H3. The van der Waals surface area contributed by atoms with Crippen molar-refractivity contribution in [3.8, 4) is 0 Å². The van der Waals surface area contributed by atoms with E-state index in [4.69, 9.17) is 4.74 Å². The summed E-state index contributed by atoms with van der Waals surface area (Å²) >= 11 is 0. The minimum absolute atomic E-state index is 0.101. The van der Waals surface area contributed by atoms with E-state index in [1.807, 2.05) is 48.7 Å². The van der Waals surface area contributed by atoms with Gasteiger partial charge in [-0.2, -0.15) is 0 Å². The highest BCUT2D eigenvalue weighted by Crippen LogP contribution is 2.24. The molecule has 3 nitrogen and oxygen atoms in total. The van der Waals surface area contributed by atoms with Crippen LogP contribution >= 0.6 is 0 Å². The van der Waals surface area contributed by atoms with E-state index in [1.54, 1.807) is 0 Å². The molecule has 1 heterocycles. The van der Waals surface area contributed by atoms with Gasteiger partial charge in [0.05, 0.1) is 6.10 Å². The predicted molar refractivity (Wildman–Crippen MR) is 72.9 cm³/mol. The largest absolute Gasteiger partial charge is 0.458 e. The number of aromatic nitrogens is 1. The average Bonchev–Trinajstić information content (AvgIpc) is 2.67. The topological polar surface area (TPSA) is 31.2 Å². The lowest BCUT2D eigenvalue weighted by atomic mass is 10.2. The molecule has 1 aromatic heterocycles. The number of ether oxygens (including phenoxy) is 1. The van der Waals surface area contributed by atoms with Crippen LogP contribution in [0.25, 0.3) is 10.9 Å². The third kappa shape index (κ3) is 2.26. The first kappa shape index (κ1) is 12.7. The molecule has 2 rings (SSSR count). The number of hydrogen-bond acceptors (Lipinski definition) is 2. The highest BCUT2D eigenvalue weighted by molar-refractivity contribution is 5.95. The maximum atomic E-state index is 12.1. The SMILES string of the molecule is CC(C)OC(=O)c1cc2ccccc2n1C(C)C. The van der Waals surface area contributed by atoms with Crippen molar-refractivity contribution in [2.45, 2.75) is 39.8 Å². The lowest BCUT2D eigenvalue weighted by Crippen LogP contribution is -2.17. The van der Waals surface area contributed by atoms with Gasteiger partial charge < -0.3 is 9.30 Å². The van der Waals surface area contributed by atoms with Crippen LogP contribution in [0.2, 0.25) is 0 Å². The number of carbonyl (C=O) groups excluding carboxylic acids is 1. The van der Waals surface area contributed by atoms with Gasteiger partial charge in [0.15, 0.2) is 0 Å². The maximum absolute atomic E-state index is 12.1. The summed E-state index contributed by atoms with van der Waals surface area (Å²) in [6.07, 6.45) is -0.101. The van der Waals surface area contributed by atoms with Gasteiger partial charge in [0, 0.05) is 16.9 Å². The van der Waals surface area contributed by atoms with Crippen molar-refractivity contribution in [2.75, 3.05) is 0 Å². The molecule has 0 saturated carbocycles. The minimum Gasteiger partial charge on any atom is -0.458 e. The molecule has 0 unspecified atom stereocenters. The molecule has 0 amide bonds. The van der Waals surface area contributed by atoms with E-state index in [1.165, 1.54) is 0 Å².